The third-order valence-electron chi connectivity index (χ3n) is 3.67. The maximum atomic E-state index is 5.37. The van der Waals surface area contributed by atoms with E-state index >= 15 is 0 Å². The van der Waals surface area contributed by atoms with Gasteiger partial charge in [0.2, 0.25) is 0 Å². The maximum absolute atomic E-state index is 5.37. The molecule has 0 aromatic heterocycles. The molecule has 0 fully saturated rings. The lowest BCUT2D eigenvalue weighted by Gasteiger charge is -2.26. The topological polar surface area (TPSA) is 50.5 Å². The van der Waals surface area contributed by atoms with Crippen LogP contribution < -0.4 is 20.1 Å². The number of quaternary nitrogens is 2. The van der Waals surface area contributed by atoms with Gasteiger partial charge in [0.1, 0.15) is 6.54 Å². The average molecular weight is 252 g/mol. The molecular formula is C14H24N2O2+2. The minimum Gasteiger partial charge on any atom is -0.493 e. The van der Waals surface area contributed by atoms with Crippen molar-refractivity contribution < 1.29 is 20.1 Å². The van der Waals surface area contributed by atoms with Gasteiger partial charge >= 0.3 is 0 Å². The molecule has 2 rings (SSSR count). The summed E-state index contributed by atoms with van der Waals surface area (Å²) in [5.41, 5.74) is 6.72. The third-order valence-corrected chi connectivity index (χ3v) is 3.67. The first-order valence-corrected chi connectivity index (χ1v) is 6.65. The second-order valence-corrected chi connectivity index (χ2v) is 4.86. The minimum absolute atomic E-state index is 0.842. The Bertz CT molecular complexity index is 407. The van der Waals surface area contributed by atoms with E-state index in [2.05, 4.69) is 17.9 Å². The van der Waals surface area contributed by atoms with Crippen LogP contribution in [0.15, 0.2) is 12.1 Å². The number of nitrogens with one attached hydrogen (secondary N) is 1. The van der Waals surface area contributed by atoms with Crippen molar-refractivity contribution in [2.45, 2.75) is 19.4 Å². The molecule has 1 aliphatic rings. The van der Waals surface area contributed by atoms with Crippen molar-refractivity contribution >= 4 is 0 Å². The Labute approximate surface area is 109 Å². The molecule has 1 aromatic carbocycles. The van der Waals surface area contributed by atoms with Crippen molar-refractivity contribution in [1.29, 1.82) is 0 Å². The number of methoxy groups -OCH3 is 2. The first kappa shape index (κ1) is 13.2. The van der Waals surface area contributed by atoms with Crippen LogP contribution in [-0.2, 0) is 13.0 Å². The van der Waals surface area contributed by atoms with E-state index in [-0.39, 0.29) is 0 Å². The summed E-state index contributed by atoms with van der Waals surface area (Å²) in [5, 5.41) is 0. The van der Waals surface area contributed by atoms with Crippen LogP contribution in [-0.4, -0.2) is 33.9 Å². The lowest BCUT2D eigenvalue weighted by molar-refractivity contribution is -0.916. The molecule has 0 spiro atoms. The Hall–Kier alpha value is -1.26. The van der Waals surface area contributed by atoms with Gasteiger partial charge < -0.3 is 20.1 Å². The van der Waals surface area contributed by atoms with Crippen molar-refractivity contribution in [2.75, 3.05) is 33.9 Å². The highest BCUT2D eigenvalue weighted by Gasteiger charge is 2.21. The molecule has 0 bridgehead atoms. The van der Waals surface area contributed by atoms with Gasteiger partial charge in [0.05, 0.1) is 33.9 Å². The molecule has 1 atom stereocenters. The summed E-state index contributed by atoms with van der Waals surface area (Å²) in [6.45, 7) is 4.55. The summed E-state index contributed by atoms with van der Waals surface area (Å²) < 4.78 is 10.7. The van der Waals surface area contributed by atoms with Crippen LogP contribution in [0, 0.1) is 0 Å². The largest absolute Gasteiger partial charge is 0.493 e. The molecule has 1 heterocycles. The van der Waals surface area contributed by atoms with Crippen molar-refractivity contribution in [1.82, 2.24) is 0 Å². The van der Waals surface area contributed by atoms with E-state index in [1.165, 1.54) is 30.6 Å². The predicted molar refractivity (Wildman–Crippen MR) is 70.0 cm³/mol. The number of fused-ring (bicyclic) bond motifs is 1. The second-order valence-electron chi connectivity index (χ2n) is 4.86. The quantitative estimate of drug-likeness (QED) is 0.726. The van der Waals surface area contributed by atoms with E-state index in [0.29, 0.717) is 0 Å². The van der Waals surface area contributed by atoms with Gasteiger partial charge in [-0.15, -0.1) is 0 Å². The summed E-state index contributed by atoms with van der Waals surface area (Å²) in [6, 6.07) is 4.27. The van der Waals surface area contributed by atoms with Crippen LogP contribution >= 0.6 is 0 Å². The molecule has 4 N–H and O–H groups in total. The zero-order chi connectivity index (χ0) is 13.0. The van der Waals surface area contributed by atoms with E-state index in [4.69, 9.17) is 9.47 Å². The van der Waals surface area contributed by atoms with Crippen molar-refractivity contribution in [3.8, 4) is 11.5 Å². The van der Waals surface area contributed by atoms with Gasteiger partial charge in [0, 0.05) is 18.4 Å². The summed E-state index contributed by atoms with van der Waals surface area (Å²) in [5.74, 6) is 1.69. The van der Waals surface area contributed by atoms with Crippen LogP contribution in [0.2, 0.25) is 0 Å². The number of rotatable bonds is 5. The summed E-state index contributed by atoms with van der Waals surface area (Å²) in [7, 11) is 3.39. The molecule has 1 aliphatic heterocycles. The fourth-order valence-electron chi connectivity index (χ4n) is 2.62. The highest BCUT2D eigenvalue weighted by molar-refractivity contribution is 5.47. The molecule has 0 amide bonds. The van der Waals surface area contributed by atoms with Gasteiger partial charge in [0.15, 0.2) is 11.5 Å². The van der Waals surface area contributed by atoms with Gasteiger partial charge in [-0.3, -0.25) is 0 Å². The molecule has 0 aliphatic carbocycles. The fraction of sp³-hybridized carbons (Fsp3) is 0.571. The van der Waals surface area contributed by atoms with E-state index in [1.807, 2.05) is 0 Å². The molecule has 1 unspecified atom stereocenters. The zero-order valence-corrected chi connectivity index (χ0v) is 11.4. The Morgan fingerprint density at radius 2 is 1.83 bits per heavy atom. The van der Waals surface area contributed by atoms with Crippen LogP contribution in [0.5, 0.6) is 11.5 Å². The van der Waals surface area contributed by atoms with Crippen molar-refractivity contribution in [3.63, 3.8) is 0 Å². The average Bonchev–Trinajstić information content (AvgIpc) is 2.43. The van der Waals surface area contributed by atoms with Crippen LogP contribution in [0.3, 0.4) is 0 Å². The van der Waals surface area contributed by atoms with Gasteiger partial charge in [-0.1, -0.05) is 0 Å². The van der Waals surface area contributed by atoms with E-state index in [1.54, 1.807) is 19.1 Å². The molecular weight excluding hydrogens is 228 g/mol. The van der Waals surface area contributed by atoms with Crippen LogP contribution in [0.1, 0.15) is 17.5 Å². The SMILES string of the molecule is COc1cc2c(cc1OC)C[NH+](CCC[NH3+])CC2. The Morgan fingerprint density at radius 3 is 2.44 bits per heavy atom. The highest BCUT2D eigenvalue weighted by atomic mass is 16.5. The van der Waals surface area contributed by atoms with Crippen LogP contribution in [0.4, 0.5) is 0 Å². The molecule has 4 heteroatoms. The molecule has 18 heavy (non-hydrogen) atoms. The molecule has 0 saturated heterocycles. The summed E-state index contributed by atoms with van der Waals surface area (Å²) in [6.07, 6.45) is 2.33. The van der Waals surface area contributed by atoms with E-state index in [9.17, 15) is 0 Å². The van der Waals surface area contributed by atoms with Crippen molar-refractivity contribution in [2.24, 2.45) is 0 Å². The molecule has 0 saturated carbocycles. The Balaban J connectivity index is 2.16. The first-order chi connectivity index (χ1) is 8.78. The maximum Gasteiger partial charge on any atom is 0.161 e. The summed E-state index contributed by atoms with van der Waals surface area (Å²) >= 11 is 0. The monoisotopic (exact) mass is 252 g/mol. The van der Waals surface area contributed by atoms with Gasteiger partial charge in [0.25, 0.3) is 0 Å². The fourth-order valence-corrected chi connectivity index (χ4v) is 2.62. The molecule has 0 radical (unpaired) electrons. The van der Waals surface area contributed by atoms with Crippen LogP contribution in [0.25, 0.3) is 0 Å². The standard InChI is InChI=1S/C14H22N2O2/c1-17-13-8-11-4-7-16(6-3-5-15)10-12(11)9-14(13)18-2/h8-9H,3-7,10,15H2,1-2H3/p+2. The van der Waals surface area contributed by atoms with Gasteiger partial charge in [-0.25, -0.2) is 0 Å². The Kier molecular flexibility index (Phi) is 4.44. The van der Waals surface area contributed by atoms with Gasteiger partial charge in [-0.05, 0) is 17.7 Å². The second kappa shape index (κ2) is 6.07. The lowest BCUT2D eigenvalue weighted by Crippen LogP contribution is -3.11. The molecule has 4 nitrogen and oxygen atoms in total. The van der Waals surface area contributed by atoms with E-state index in [0.717, 1.165) is 31.0 Å². The Morgan fingerprint density at radius 1 is 1.17 bits per heavy atom. The minimum atomic E-state index is 0.842. The number of ether oxygens (including phenoxy) is 2. The van der Waals surface area contributed by atoms with E-state index < -0.39 is 0 Å². The molecule has 1 aromatic rings. The highest BCUT2D eigenvalue weighted by Crippen LogP contribution is 2.31. The van der Waals surface area contributed by atoms with Crippen molar-refractivity contribution in [3.05, 3.63) is 23.3 Å². The smallest absolute Gasteiger partial charge is 0.161 e. The predicted octanol–water partition coefficient (Wildman–Crippen LogP) is -0.723. The number of hydrogen-bond acceptors (Lipinski definition) is 2. The summed E-state index contributed by atoms with van der Waals surface area (Å²) in [4.78, 5) is 1.65. The third kappa shape index (κ3) is 2.76. The normalized spacial score (nSPS) is 18.3. The zero-order valence-electron chi connectivity index (χ0n) is 11.4. The number of hydrogen-bond donors (Lipinski definition) is 2. The first-order valence-electron chi connectivity index (χ1n) is 6.65. The lowest BCUT2D eigenvalue weighted by atomic mass is 9.98. The molecule has 100 valence electrons. The number of benzene rings is 1. The van der Waals surface area contributed by atoms with Gasteiger partial charge in [-0.2, -0.15) is 0 Å².